The molecular weight excluding hydrogens is 365 g/mol. The third-order valence-corrected chi connectivity index (χ3v) is 5.41. The number of carbonyl (C=O) groups is 1. The largest absolute Gasteiger partial charge is 0.495 e. The number of benzene rings is 1. The van der Waals surface area contributed by atoms with Crippen molar-refractivity contribution in [2.24, 2.45) is 0 Å². The number of nitrogens with zero attached hydrogens (tertiary/aromatic N) is 1. The van der Waals surface area contributed by atoms with Gasteiger partial charge in [0.15, 0.2) is 0 Å². The summed E-state index contributed by atoms with van der Waals surface area (Å²) in [5.41, 5.74) is 1.74. The molecule has 29 heavy (non-hydrogen) atoms. The fourth-order valence-corrected chi connectivity index (χ4v) is 3.21. The van der Waals surface area contributed by atoms with Crippen molar-refractivity contribution >= 4 is 18.5 Å². The van der Waals surface area contributed by atoms with Gasteiger partial charge in [-0.2, -0.15) is 0 Å². The van der Waals surface area contributed by atoms with Gasteiger partial charge in [0.25, 0.3) is 5.91 Å². The topological polar surface area (TPSA) is 48.0 Å². The van der Waals surface area contributed by atoms with Crippen molar-refractivity contribution in [3.8, 4) is 0 Å². The Kier molecular flexibility index (Phi) is 6.31. The van der Waals surface area contributed by atoms with Crippen LogP contribution in [0, 0.1) is 0 Å². The van der Waals surface area contributed by atoms with E-state index in [0.29, 0.717) is 22.5 Å². The molecule has 0 N–H and O–H groups in total. The summed E-state index contributed by atoms with van der Waals surface area (Å²) in [5.74, 6) is 0.0279. The third-order valence-electron chi connectivity index (χ3n) is 5.41. The lowest BCUT2D eigenvalue weighted by molar-refractivity contribution is -0.0569. The van der Waals surface area contributed by atoms with Crippen molar-refractivity contribution in [2.75, 3.05) is 0 Å². The van der Waals surface area contributed by atoms with Crippen LogP contribution in [0.4, 0.5) is 0 Å². The lowest BCUT2D eigenvalue weighted by Crippen LogP contribution is -2.48. The first-order chi connectivity index (χ1) is 13.3. The van der Waals surface area contributed by atoms with Gasteiger partial charge in [0, 0.05) is 5.56 Å². The Morgan fingerprint density at radius 1 is 1.00 bits per heavy atom. The van der Waals surface area contributed by atoms with E-state index in [1.54, 1.807) is 32.0 Å². The average Bonchev–Trinajstić information content (AvgIpc) is 2.93. The van der Waals surface area contributed by atoms with Crippen molar-refractivity contribution in [1.82, 2.24) is 5.06 Å². The van der Waals surface area contributed by atoms with Gasteiger partial charge in [-0.15, -0.1) is 5.06 Å². The molecule has 1 heterocycles. The van der Waals surface area contributed by atoms with Crippen molar-refractivity contribution in [3.05, 3.63) is 78.7 Å². The second-order valence-electron chi connectivity index (χ2n) is 7.95. The molecule has 1 aromatic carbocycles. The Morgan fingerprint density at radius 2 is 1.52 bits per heavy atom. The molecule has 1 aromatic rings. The molecule has 2 atom stereocenters. The van der Waals surface area contributed by atoms with Crippen LogP contribution in [0.5, 0.6) is 0 Å². The minimum absolute atomic E-state index is 0.356. The maximum Gasteiger partial charge on any atom is 0.495 e. The number of allylic oxidation sites excluding steroid dienone is 2. The van der Waals surface area contributed by atoms with E-state index in [2.05, 4.69) is 26.3 Å². The van der Waals surface area contributed by atoms with E-state index < -0.39 is 18.3 Å². The normalized spacial score (nSPS) is 23.4. The first kappa shape index (κ1) is 22.7. The Morgan fingerprint density at radius 3 is 1.93 bits per heavy atom. The number of amides is 1. The van der Waals surface area contributed by atoms with Crippen molar-refractivity contribution in [3.63, 3.8) is 0 Å². The first-order valence-corrected chi connectivity index (χ1v) is 9.44. The third kappa shape index (κ3) is 4.09. The molecule has 154 valence electrons. The van der Waals surface area contributed by atoms with Gasteiger partial charge in [-0.05, 0) is 70.3 Å². The Hall–Kier alpha value is -2.57. The van der Waals surface area contributed by atoms with E-state index in [1.165, 1.54) is 0 Å². The van der Waals surface area contributed by atoms with Crippen LogP contribution < -0.4 is 5.46 Å². The maximum atomic E-state index is 12.9. The quantitative estimate of drug-likeness (QED) is 0.294. The van der Waals surface area contributed by atoms with E-state index in [-0.39, 0.29) is 5.91 Å². The lowest BCUT2D eigenvalue weighted by Gasteiger charge is -2.40. The summed E-state index contributed by atoms with van der Waals surface area (Å²) in [6.07, 6.45) is 0. The smallest absolute Gasteiger partial charge is 0.395 e. The molecule has 1 aliphatic heterocycles. The van der Waals surface area contributed by atoms with Crippen LogP contribution in [-0.2, 0) is 14.1 Å². The molecule has 1 fully saturated rings. The molecule has 0 saturated carbocycles. The number of hydrogen-bond acceptors (Lipinski definition) is 4. The zero-order chi connectivity index (χ0) is 22.1. The number of carbonyl (C=O) groups excluding carboxylic acids is 1. The molecule has 6 heteroatoms. The molecule has 0 bridgehead atoms. The summed E-state index contributed by atoms with van der Waals surface area (Å²) in [5, 5.41) is 1.12. The van der Waals surface area contributed by atoms with Crippen LogP contribution in [-0.4, -0.2) is 29.3 Å². The summed E-state index contributed by atoms with van der Waals surface area (Å²) >= 11 is 0. The van der Waals surface area contributed by atoms with Gasteiger partial charge < -0.3 is 14.1 Å². The predicted octanol–water partition coefficient (Wildman–Crippen LogP) is 4.54. The van der Waals surface area contributed by atoms with Crippen LogP contribution in [0.1, 0.15) is 51.9 Å². The monoisotopic (exact) mass is 395 g/mol. The van der Waals surface area contributed by atoms with Crippen LogP contribution in [0.3, 0.4) is 0 Å². The molecular formula is C23H30BNO4. The molecule has 1 saturated heterocycles. The highest BCUT2D eigenvalue weighted by atomic mass is 16.7. The van der Waals surface area contributed by atoms with E-state index in [1.807, 2.05) is 33.8 Å². The first-order valence-electron chi connectivity index (χ1n) is 9.44. The molecule has 5 nitrogen and oxygen atoms in total. The van der Waals surface area contributed by atoms with E-state index in [4.69, 9.17) is 14.1 Å². The highest BCUT2D eigenvalue weighted by Crippen LogP contribution is 2.45. The zero-order valence-electron chi connectivity index (χ0n) is 18.3. The summed E-state index contributed by atoms with van der Waals surface area (Å²) in [4.78, 5) is 18.4. The average molecular weight is 395 g/mol. The standard InChI is InChI=1S/C23H30BNO4/c1-15(2)22(9)23(10,16(3)4)29-24(28-22)20-13-11-12-19(14-20)21(26)25(17(5)6)27-18(7)8/h11-14H,1,3,5,7H2,2,4,6,8-10H3. The highest BCUT2D eigenvalue weighted by molar-refractivity contribution is 6.62. The van der Waals surface area contributed by atoms with E-state index in [9.17, 15) is 4.79 Å². The summed E-state index contributed by atoms with van der Waals surface area (Å²) < 4.78 is 12.6. The van der Waals surface area contributed by atoms with Gasteiger partial charge >= 0.3 is 7.12 Å². The van der Waals surface area contributed by atoms with E-state index >= 15 is 0 Å². The molecule has 0 aliphatic carbocycles. The summed E-state index contributed by atoms with van der Waals surface area (Å²) in [7, 11) is -0.675. The Labute approximate surface area is 174 Å². The SMILES string of the molecule is C=C(C)ON(C(=C)C)C(=O)c1cccc(B2OC(C)(C(=C)C)C(C)(C(=C)C)O2)c1. The molecule has 0 radical (unpaired) electrons. The molecule has 0 spiro atoms. The Balaban J connectivity index is 2.40. The van der Waals surface area contributed by atoms with Crippen LogP contribution in [0.2, 0.25) is 0 Å². The molecule has 2 unspecified atom stereocenters. The number of hydroxylamine groups is 2. The van der Waals surface area contributed by atoms with Crippen LogP contribution in [0.15, 0.2) is 73.2 Å². The van der Waals surface area contributed by atoms with Crippen LogP contribution in [0.25, 0.3) is 0 Å². The highest BCUT2D eigenvalue weighted by Gasteiger charge is 2.58. The van der Waals surface area contributed by atoms with Crippen molar-refractivity contribution in [1.29, 1.82) is 0 Å². The minimum Gasteiger partial charge on any atom is -0.395 e. The molecule has 2 rings (SSSR count). The van der Waals surface area contributed by atoms with Gasteiger partial charge in [-0.3, -0.25) is 4.79 Å². The van der Waals surface area contributed by atoms with Crippen molar-refractivity contribution in [2.45, 2.75) is 52.7 Å². The van der Waals surface area contributed by atoms with Gasteiger partial charge in [0.1, 0.15) is 17.0 Å². The zero-order valence-corrected chi connectivity index (χ0v) is 18.3. The van der Waals surface area contributed by atoms with Gasteiger partial charge in [0.2, 0.25) is 0 Å². The fraction of sp³-hybridized carbons (Fsp3) is 0.348. The summed E-state index contributed by atoms with van der Waals surface area (Å²) in [6, 6.07) is 7.07. The van der Waals surface area contributed by atoms with E-state index in [0.717, 1.165) is 16.2 Å². The molecule has 0 aromatic heterocycles. The minimum atomic E-state index is -0.754. The maximum absolute atomic E-state index is 12.9. The fourth-order valence-electron chi connectivity index (χ4n) is 3.21. The number of rotatable bonds is 7. The van der Waals surface area contributed by atoms with Gasteiger partial charge in [-0.25, -0.2) is 0 Å². The van der Waals surface area contributed by atoms with Gasteiger partial charge in [0.05, 0.1) is 5.70 Å². The summed E-state index contributed by atoms with van der Waals surface area (Å²) in [6.45, 7) is 26.7. The van der Waals surface area contributed by atoms with Crippen LogP contribution >= 0.6 is 0 Å². The lowest BCUT2D eigenvalue weighted by atomic mass is 9.77. The predicted molar refractivity (Wildman–Crippen MR) is 117 cm³/mol. The second kappa shape index (κ2) is 8.05. The molecule has 1 amide bonds. The Bertz CT molecular complexity index is 865. The second-order valence-corrected chi connectivity index (χ2v) is 7.95. The molecule has 1 aliphatic rings. The number of hydrogen-bond donors (Lipinski definition) is 0. The van der Waals surface area contributed by atoms with Gasteiger partial charge in [-0.1, -0.05) is 38.4 Å². The van der Waals surface area contributed by atoms with Crippen molar-refractivity contribution < 1.29 is 18.9 Å².